The largest absolute Gasteiger partial charge is 0.351 e. The minimum atomic E-state index is -3.85. The molecule has 0 bridgehead atoms. The number of hydrogen-bond acceptors (Lipinski definition) is 3. The van der Waals surface area contributed by atoms with Gasteiger partial charge in [-0.05, 0) is 41.8 Å². The number of benzene rings is 3. The third-order valence-corrected chi connectivity index (χ3v) is 6.71. The van der Waals surface area contributed by atoms with E-state index in [4.69, 9.17) is 11.6 Å². The van der Waals surface area contributed by atoms with Crippen molar-refractivity contribution in [2.45, 2.75) is 17.9 Å². The molecule has 156 valence electrons. The average molecular weight is 443 g/mol. The first-order valence-electron chi connectivity index (χ1n) is 9.55. The van der Waals surface area contributed by atoms with Gasteiger partial charge in [-0.25, -0.2) is 8.42 Å². The Bertz CT molecular complexity index is 1060. The van der Waals surface area contributed by atoms with Crippen LogP contribution >= 0.6 is 11.6 Å². The molecular weight excluding hydrogens is 420 g/mol. The zero-order chi connectivity index (χ0) is 21.4. The van der Waals surface area contributed by atoms with Crippen molar-refractivity contribution in [1.82, 2.24) is 9.62 Å². The van der Waals surface area contributed by atoms with E-state index in [1.54, 1.807) is 0 Å². The number of carbonyl (C=O) groups excluding carboxylic acids is 1. The summed E-state index contributed by atoms with van der Waals surface area (Å²) in [7, 11) is -3.85. The Balaban J connectivity index is 1.74. The minimum absolute atomic E-state index is 0.107. The number of amides is 1. The summed E-state index contributed by atoms with van der Waals surface area (Å²) in [6.07, 6.45) is 0.500. The van der Waals surface area contributed by atoms with Crippen LogP contribution in [0.4, 0.5) is 0 Å². The molecule has 30 heavy (non-hydrogen) atoms. The molecule has 0 aliphatic rings. The molecule has 0 aliphatic carbocycles. The Labute approximate surface area is 182 Å². The first-order chi connectivity index (χ1) is 14.4. The van der Waals surface area contributed by atoms with Crippen LogP contribution in [0.25, 0.3) is 0 Å². The van der Waals surface area contributed by atoms with Gasteiger partial charge in [-0.15, -0.1) is 0 Å². The molecule has 3 rings (SSSR count). The van der Waals surface area contributed by atoms with Crippen LogP contribution in [0.3, 0.4) is 0 Å². The fraction of sp³-hybridized carbons (Fsp3) is 0.174. The highest BCUT2D eigenvalue weighted by atomic mass is 35.5. The fourth-order valence-corrected chi connectivity index (χ4v) is 4.47. The van der Waals surface area contributed by atoms with Gasteiger partial charge in [0, 0.05) is 18.1 Å². The van der Waals surface area contributed by atoms with E-state index in [1.807, 2.05) is 60.7 Å². The molecule has 7 heteroatoms. The second kappa shape index (κ2) is 10.4. The van der Waals surface area contributed by atoms with Crippen LogP contribution in [0, 0.1) is 0 Å². The molecule has 0 spiro atoms. The summed E-state index contributed by atoms with van der Waals surface area (Å²) >= 11 is 5.89. The lowest BCUT2D eigenvalue weighted by atomic mass is 10.1. The molecule has 0 atom stereocenters. The summed E-state index contributed by atoms with van der Waals surface area (Å²) in [5, 5.41) is 3.24. The number of halogens is 1. The lowest BCUT2D eigenvalue weighted by Gasteiger charge is -2.22. The molecule has 0 saturated carbocycles. The molecule has 1 N–H and O–H groups in total. The summed E-state index contributed by atoms with van der Waals surface area (Å²) in [4.78, 5) is 12.6. The third kappa shape index (κ3) is 6.16. The Morgan fingerprint density at radius 2 is 1.40 bits per heavy atom. The molecule has 0 radical (unpaired) electrons. The van der Waals surface area contributed by atoms with Gasteiger partial charge in [0.05, 0.1) is 11.4 Å². The number of rotatable bonds is 9. The topological polar surface area (TPSA) is 66.5 Å². The summed E-state index contributed by atoms with van der Waals surface area (Å²) in [6.45, 7) is 0.269. The number of hydrogen-bond donors (Lipinski definition) is 1. The summed E-state index contributed by atoms with van der Waals surface area (Å²) < 4.78 is 27.6. The van der Waals surface area contributed by atoms with Crippen molar-refractivity contribution in [2.75, 3.05) is 13.1 Å². The van der Waals surface area contributed by atoms with E-state index in [-0.39, 0.29) is 23.9 Å². The van der Waals surface area contributed by atoms with Crippen LogP contribution in [-0.4, -0.2) is 31.7 Å². The maximum Gasteiger partial charge on any atom is 0.243 e. The van der Waals surface area contributed by atoms with E-state index < -0.39 is 10.0 Å². The predicted molar refractivity (Wildman–Crippen MR) is 119 cm³/mol. The van der Waals surface area contributed by atoms with Gasteiger partial charge >= 0.3 is 0 Å². The van der Waals surface area contributed by atoms with Crippen molar-refractivity contribution in [3.63, 3.8) is 0 Å². The van der Waals surface area contributed by atoms with Gasteiger partial charge in [0.15, 0.2) is 0 Å². The third-order valence-electron chi connectivity index (χ3n) is 4.60. The molecule has 0 aliphatic heterocycles. The minimum Gasteiger partial charge on any atom is -0.351 e. The van der Waals surface area contributed by atoms with Crippen molar-refractivity contribution >= 4 is 27.5 Å². The molecule has 3 aromatic rings. The summed E-state index contributed by atoms with van der Waals surface area (Å²) in [5.41, 5.74) is 1.95. The maximum absolute atomic E-state index is 13.2. The summed E-state index contributed by atoms with van der Waals surface area (Å²) in [5.74, 6) is -0.357. The van der Waals surface area contributed by atoms with Crippen LogP contribution in [0.15, 0.2) is 89.8 Å². The van der Waals surface area contributed by atoms with Gasteiger partial charge in [0.1, 0.15) is 0 Å². The van der Waals surface area contributed by atoms with Crippen molar-refractivity contribution in [3.8, 4) is 0 Å². The van der Waals surface area contributed by atoms with Gasteiger partial charge in [0.25, 0.3) is 0 Å². The van der Waals surface area contributed by atoms with Gasteiger partial charge < -0.3 is 5.32 Å². The molecule has 0 unspecified atom stereocenters. The molecule has 5 nitrogen and oxygen atoms in total. The highest BCUT2D eigenvalue weighted by Gasteiger charge is 2.26. The molecule has 0 fully saturated rings. The Morgan fingerprint density at radius 1 is 0.833 bits per heavy atom. The number of sulfonamides is 1. The van der Waals surface area contributed by atoms with Crippen molar-refractivity contribution < 1.29 is 13.2 Å². The number of carbonyl (C=O) groups is 1. The Morgan fingerprint density at radius 3 is 2.00 bits per heavy atom. The van der Waals surface area contributed by atoms with Crippen LogP contribution < -0.4 is 5.32 Å². The molecule has 0 aromatic heterocycles. The normalized spacial score (nSPS) is 11.4. The molecule has 0 saturated heterocycles. The Hall–Kier alpha value is -2.67. The van der Waals surface area contributed by atoms with Crippen LogP contribution in [-0.2, 0) is 27.8 Å². The smallest absolute Gasteiger partial charge is 0.243 e. The van der Waals surface area contributed by atoms with Crippen molar-refractivity contribution in [2.24, 2.45) is 0 Å². The van der Waals surface area contributed by atoms with Crippen LogP contribution in [0.2, 0.25) is 5.02 Å². The van der Waals surface area contributed by atoms with Crippen LogP contribution in [0.5, 0.6) is 0 Å². The summed E-state index contributed by atoms with van der Waals surface area (Å²) in [6, 6.07) is 25.0. The van der Waals surface area contributed by atoms with Crippen LogP contribution in [0.1, 0.15) is 11.1 Å². The van der Waals surface area contributed by atoms with E-state index in [0.29, 0.717) is 18.0 Å². The second-order valence-electron chi connectivity index (χ2n) is 6.79. The van der Waals surface area contributed by atoms with E-state index in [2.05, 4.69) is 5.32 Å². The van der Waals surface area contributed by atoms with E-state index in [9.17, 15) is 13.2 Å². The van der Waals surface area contributed by atoms with E-state index in [1.165, 1.54) is 28.6 Å². The van der Waals surface area contributed by atoms with Gasteiger partial charge in [-0.1, -0.05) is 72.3 Å². The lowest BCUT2D eigenvalue weighted by Crippen LogP contribution is -2.41. The zero-order valence-electron chi connectivity index (χ0n) is 16.4. The Kier molecular flexibility index (Phi) is 7.63. The van der Waals surface area contributed by atoms with Crippen molar-refractivity contribution in [1.29, 1.82) is 0 Å². The first-order valence-corrected chi connectivity index (χ1v) is 11.4. The average Bonchev–Trinajstić information content (AvgIpc) is 2.77. The first kappa shape index (κ1) is 22.0. The lowest BCUT2D eigenvalue weighted by molar-refractivity contribution is -0.121. The molecule has 1 amide bonds. The fourth-order valence-electron chi connectivity index (χ4n) is 2.95. The van der Waals surface area contributed by atoms with E-state index in [0.717, 1.165) is 11.1 Å². The quantitative estimate of drug-likeness (QED) is 0.546. The predicted octanol–water partition coefficient (Wildman–Crippen LogP) is 3.89. The van der Waals surface area contributed by atoms with Gasteiger partial charge in [0.2, 0.25) is 15.9 Å². The second-order valence-corrected chi connectivity index (χ2v) is 9.16. The highest BCUT2D eigenvalue weighted by molar-refractivity contribution is 7.89. The molecule has 0 heterocycles. The SMILES string of the molecule is O=C(CN(CCc1ccccc1)S(=O)(=O)c1ccc(Cl)cc1)NCc1ccccc1. The monoisotopic (exact) mass is 442 g/mol. The standard InChI is InChI=1S/C23H23ClN2O3S/c24-21-11-13-22(14-12-21)30(28,29)26(16-15-19-7-3-1-4-8-19)18-23(27)25-17-20-9-5-2-6-10-20/h1-14H,15-18H2,(H,25,27). The van der Waals surface area contributed by atoms with Gasteiger partial charge in [-0.2, -0.15) is 4.31 Å². The van der Waals surface area contributed by atoms with E-state index >= 15 is 0 Å². The highest BCUT2D eigenvalue weighted by Crippen LogP contribution is 2.19. The zero-order valence-corrected chi connectivity index (χ0v) is 17.9. The van der Waals surface area contributed by atoms with Gasteiger partial charge in [-0.3, -0.25) is 4.79 Å². The molecular formula is C23H23ClN2O3S. The molecule has 3 aromatic carbocycles. The maximum atomic E-state index is 13.2. The number of nitrogens with one attached hydrogen (secondary N) is 1. The number of nitrogens with zero attached hydrogens (tertiary/aromatic N) is 1. The van der Waals surface area contributed by atoms with Crippen molar-refractivity contribution in [3.05, 3.63) is 101 Å².